The molecule has 1 saturated carbocycles. The third-order valence-electron chi connectivity index (χ3n) is 5.48. The van der Waals surface area contributed by atoms with Crippen LogP contribution in [0.1, 0.15) is 95.1 Å². The van der Waals surface area contributed by atoms with Gasteiger partial charge in [0.2, 0.25) is 5.95 Å². The molecule has 2 fully saturated rings. The van der Waals surface area contributed by atoms with E-state index in [4.69, 9.17) is 4.98 Å². The third kappa shape index (κ3) is 5.15. The van der Waals surface area contributed by atoms with E-state index in [1.165, 1.54) is 89.2 Å². The first-order chi connectivity index (χ1) is 11.4. The maximum Gasteiger partial charge on any atom is 0.245 e. The Bertz CT molecular complexity index is 444. The molecule has 1 aromatic rings. The van der Waals surface area contributed by atoms with Crippen LogP contribution in [-0.4, -0.2) is 28.3 Å². The van der Waals surface area contributed by atoms with Crippen LogP contribution in [0.3, 0.4) is 0 Å². The first-order valence-corrected chi connectivity index (χ1v) is 9.88. The molecule has 0 radical (unpaired) electrons. The summed E-state index contributed by atoms with van der Waals surface area (Å²) in [5, 5.41) is 8.67. The Labute approximate surface area is 141 Å². The number of hydrogen-bond donors (Lipinski definition) is 0. The second-order valence-corrected chi connectivity index (χ2v) is 7.33. The summed E-state index contributed by atoms with van der Waals surface area (Å²) >= 11 is 0. The van der Waals surface area contributed by atoms with Gasteiger partial charge in [0, 0.05) is 19.0 Å². The summed E-state index contributed by atoms with van der Waals surface area (Å²) in [6, 6.07) is 0. The van der Waals surface area contributed by atoms with E-state index in [0.29, 0.717) is 5.92 Å². The molecule has 0 atom stereocenters. The van der Waals surface area contributed by atoms with Crippen LogP contribution < -0.4 is 4.90 Å². The molecular weight excluding hydrogens is 284 g/mol. The minimum Gasteiger partial charge on any atom is -0.340 e. The summed E-state index contributed by atoms with van der Waals surface area (Å²) < 4.78 is 0. The molecule has 1 aliphatic heterocycles. The van der Waals surface area contributed by atoms with Crippen LogP contribution >= 0.6 is 0 Å². The maximum absolute atomic E-state index is 4.95. The third-order valence-corrected chi connectivity index (χ3v) is 5.48. The van der Waals surface area contributed by atoms with Crippen molar-refractivity contribution >= 4 is 5.95 Å². The lowest BCUT2D eigenvalue weighted by Crippen LogP contribution is -2.29. The van der Waals surface area contributed by atoms with Gasteiger partial charge in [-0.3, -0.25) is 0 Å². The molecule has 3 rings (SSSR count). The highest BCUT2D eigenvalue weighted by molar-refractivity contribution is 5.29. The largest absolute Gasteiger partial charge is 0.340 e. The fourth-order valence-corrected chi connectivity index (χ4v) is 4.01. The summed E-state index contributed by atoms with van der Waals surface area (Å²) in [6.07, 6.45) is 19.3. The van der Waals surface area contributed by atoms with Crippen molar-refractivity contribution in [1.82, 2.24) is 15.2 Å². The Kier molecular flexibility index (Phi) is 6.66. The lowest BCUT2D eigenvalue weighted by molar-refractivity contribution is 0.518. The van der Waals surface area contributed by atoms with E-state index in [1.807, 2.05) is 6.20 Å². The van der Waals surface area contributed by atoms with Crippen LogP contribution in [0, 0.1) is 0 Å². The van der Waals surface area contributed by atoms with Gasteiger partial charge in [-0.25, -0.2) is 4.98 Å². The highest BCUT2D eigenvalue weighted by Gasteiger charge is 2.18. The lowest BCUT2D eigenvalue weighted by atomic mass is 9.94. The van der Waals surface area contributed by atoms with Crippen LogP contribution in [0.4, 0.5) is 5.95 Å². The quantitative estimate of drug-likeness (QED) is 0.781. The molecule has 23 heavy (non-hydrogen) atoms. The van der Waals surface area contributed by atoms with E-state index in [-0.39, 0.29) is 0 Å². The minimum atomic E-state index is 0.595. The molecule has 0 aromatic carbocycles. The Morgan fingerprint density at radius 2 is 1.30 bits per heavy atom. The Balaban J connectivity index is 1.69. The zero-order valence-corrected chi connectivity index (χ0v) is 14.6. The van der Waals surface area contributed by atoms with Gasteiger partial charge in [0.1, 0.15) is 0 Å². The van der Waals surface area contributed by atoms with Gasteiger partial charge < -0.3 is 4.90 Å². The SMILES string of the molecule is c1nnc(N2CCCCCCC2)nc1C1CCCCCCCC1. The molecule has 4 nitrogen and oxygen atoms in total. The van der Waals surface area contributed by atoms with Crippen LogP contribution in [0.5, 0.6) is 0 Å². The number of aromatic nitrogens is 3. The van der Waals surface area contributed by atoms with E-state index in [9.17, 15) is 0 Å². The molecule has 1 aromatic heterocycles. The predicted octanol–water partition coefficient (Wildman–Crippen LogP) is 4.86. The fraction of sp³-hybridized carbons (Fsp3) is 0.842. The number of hydrogen-bond acceptors (Lipinski definition) is 4. The van der Waals surface area contributed by atoms with Crippen molar-refractivity contribution in [3.63, 3.8) is 0 Å². The summed E-state index contributed by atoms with van der Waals surface area (Å²) in [4.78, 5) is 7.31. The van der Waals surface area contributed by atoms with Crippen LogP contribution in [-0.2, 0) is 0 Å². The first kappa shape index (κ1) is 16.7. The molecule has 1 saturated heterocycles. The summed E-state index contributed by atoms with van der Waals surface area (Å²) in [5.41, 5.74) is 1.19. The van der Waals surface area contributed by atoms with Crippen molar-refractivity contribution in [2.45, 2.75) is 89.4 Å². The van der Waals surface area contributed by atoms with Crippen LogP contribution in [0.25, 0.3) is 0 Å². The predicted molar refractivity (Wildman–Crippen MR) is 94.8 cm³/mol. The molecule has 2 aliphatic rings. The first-order valence-electron chi connectivity index (χ1n) is 9.88. The molecule has 4 heteroatoms. The highest BCUT2D eigenvalue weighted by atomic mass is 15.3. The molecule has 0 bridgehead atoms. The number of nitrogens with zero attached hydrogens (tertiary/aromatic N) is 4. The van der Waals surface area contributed by atoms with Crippen molar-refractivity contribution in [2.24, 2.45) is 0 Å². The maximum atomic E-state index is 4.95. The minimum absolute atomic E-state index is 0.595. The van der Waals surface area contributed by atoms with Gasteiger partial charge in [0.25, 0.3) is 0 Å². The van der Waals surface area contributed by atoms with Gasteiger partial charge in [-0.05, 0) is 25.7 Å². The summed E-state index contributed by atoms with van der Waals surface area (Å²) in [7, 11) is 0. The van der Waals surface area contributed by atoms with Crippen molar-refractivity contribution in [2.75, 3.05) is 18.0 Å². The van der Waals surface area contributed by atoms with Crippen molar-refractivity contribution < 1.29 is 0 Å². The monoisotopic (exact) mass is 316 g/mol. The topological polar surface area (TPSA) is 41.9 Å². The summed E-state index contributed by atoms with van der Waals surface area (Å²) in [6.45, 7) is 2.19. The molecule has 0 amide bonds. The van der Waals surface area contributed by atoms with E-state index in [1.54, 1.807) is 0 Å². The molecule has 0 N–H and O–H groups in total. The van der Waals surface area contributed by atoms with E-state index in [2.05, 4.69) is 15.1 Å². The molecular formula is C19H32N4. The standard InChI is InChI=1S/C19H32N4/c1-2-5-9-13-17(12-8-4-1)18-16-20-22-19(21-18)23-14-10-6-3-7-11-15-23/h16-17H,1-15H2. The second kappa shape index (κ2) is 9.19. The molecule has 2 heterocycles. The van der Waals surface area contributed by atoms with Gasteiger partial charge in [-0.2, -0.15) is 5.10 Å². The average Bonchev–Trinajstić information content (AvgIpc) is 2.68. The van der Waals surface area contributed by atoms with Crippen molar-refractivity contribution in [1.29, 1.82) is 0 Å². The highest BCUT2D eigenvalue weighted by Crippen LogP contribution is 2.29. The molecule has 128 valence electrons. The van der Waals surface area contributed by atoms with E-state index in [0.717, 1.165) is 19.0 Å². The fourth-order valence-electron chi connectivity index (χ4n) is 4.01. The van der Waals surface area contributed by atoms with Crippen LogP contribution in [0.15, 0.2) is 6.20 Å². The number of rotatable bonds is 2. The normalized spacial score (nSPS) is 22.5. The summed E-state index contributed by atoms with van der Waals surface area (Å²) in [5.74, 6) is 1.47. The van der Waals surface area contributed by atoms with Gasteiger partial charge in [0.15, 0.2) is 0 Å². The van der Waals surface area contributed by atoms with E-state index < -0.39 is 0 Å². The Hall–Kier alpha value is -1.19. The van der Waals surface area contributed by atoms with Gasteiger partial charge in [0.05, 0.1) is 11.9 Å². The van der Waals surface area contributed by atoms with Gasteiger partial charge >= 0.3 is 0 Å². The molecule has 0 spiro atoms. The Morgan fingerprint density at radius 1 is 0.739 bits per heavy atom. The van der Waals surface area contributed by atoms with Crippen molar-refractivity contribution in [3.8, 4) is 0 Å². The molecule has 1 aliphatic carbocycles. The Morgan fingerprint density at radius 3 is 1.96 bits per heavy atom. The average molecular weight is 316 g/mol. The zero-order valence-electron chi connectivity index (χ0n) is 14.6. The molecule has 0 unspecified atom stereocenters. The van der Waals surface area contributed by atoms with E-state index >= 15 is 0 Å². The van der Waals surface area contributed by atoms with Crippen molar-refractivity contribution in [3.05, 3.63) is 11.9 Å². The van der Waals surface area contributed by atoms with Crippen LogP contribution in [0.2, 0.25) is 0 Å². The van der Waals surface area contributed by atoms with Gasteiger partial charge in [-0.15, -0.1) is 5.10 Å². The smallest absolute Gasteiger partial charge is 0.245 e. The zero-order chi connectivity index (χ0) is 15.7. The van der Waals surface area contributed by atoms with Gasteiger partial charge in [-0.1, -0.05) is 57.8 Å². The number of anilines is 1. The second-order valence-electron chi connectivity index (χ2n) is 7.33. The lowest BCUT2D eigenvalue weighted by Gasteiger charge is -2.25.